The molecule has 0 fully saturated rings. The molecule has 0 aromatic heterocycles. The summed E-state index contributed by atoms with van der Waals surface area (Å²) in [4.78, 5) is 21.3. The Morgan fingerprint density at radius 1 is 1.44 bits per heavy atom. The van der Waals surface area contributed by atoms with E-state index in [9.17, 15) is 14.9 Å². The Morgan fingerprint density at radius 2 is 2.12 bits per heavy atom. The van der Waals surface area contributed by atoms with Crippen molar-refractivity contribution in [2.45, 2.75) is 0 Å². The summed E-state index contributed by atoms with van der Waals surface area (Å²) in [5.74, 6) is 0.282. The number of amides is 2. The third kappa shape index (κ3) is 3.39. The summed E-state index contributed by atoms with van der Waals surface area (Å²) in [6.07, 6.45) is 0. The lowest BCUT2D eigenvalue weighted by atomic mass is 10.3. The summed E-state index contributed by atoms with van der Waals surface area (Å²) in [5, 5.41) is 15.4. The van der Waals surface area contributed by atoms with E-state index < -0.39 is 11.0 Å². The fourth-order valence-corrected chi connectivity index (χ4v) is 1.16. The minimum Gasteiger partial charge on any atom is -0.337 e. The molecule has 2 N–H and O–H groups in total. The van der Waals surface area contributed by atoms with E-state index in [2.05, 4.69) is 10.6 Å². The summed E-state index contributed by atoms with van der Waals surface area (Å²) in [7, 11) is 0. The maximum absolute atomic E-state index is 11.2. The van der Waals surface area contributed by atoms with E-state index in [1.54, 1.807) is 6.07 Å². The Morgan fingerprint density at radius 3 is 2.75 bits per heavy atom. The molecular weight excluding hydrogens is 234 g/mol. The van der Waals surface area contributed by atoms with Crippen LogP contribution < -0.4 is 10.6 Å². The number of para-hydroxylation sites is 2. The molecule has 0 unspecified atom stereocenters. The Kier molecular flexibility index (Phi) is 4.53. The van der Waals surface area contributed by atoms with Crippen molar-refractivity contribution in [3.8, 4) is 0 Å². The smallest absolute Gasteiger partial charge is 0.319 e. The number of hydrogen-bond acceptors (Lipinski definition) is 3. The fraction of sp³-hybridized carbons (Fsp3) is 0.222. The van der Waals surface area contributed by atoms with Gasteiger partial charge in [0.05, 0.1) is 4.92 Å². The number of carbonyl (C=O) groups excluding carboxylic acids is 1. The van der Waals surface area contributed by atoms with Crippen molar-refractivity contribution in [3.05, 3.63) is 34.4 Å². The number of anilines is 1. The molecule has 1 aromatic rings. The first-order valence-corrected chi connectivity index (χ1v) is 5.03. The Balaban J connectivity index is 2.73. The summed E-state index contributed by atoms with van der Waals surface area (Å²) >= 11 is 5.38. The van der Waals surface area contributed by atoms with Crippen LogP contribution in [-0.2, 0) is 0 Å². The van der Waals surface area contributed by atoms with Crippen molar-refractivity contribution in [1.82, 2.24) is 5.32 Å². The Labute approximate surface area is 96.7 Å². The van der Waals surface area contributed by atoms with Crippen LogP contribution in [0.1, 0.15) is 0 Å². The lowest BCUT2D eigenvalue weighted by molar-refractivity contribution is -0.383. The zero-order valence-electron chi connectivity index (χ0n) is 8.27. The standard InChI is InChI=1S/C9H10ClN3O3/c10-5-6-11-9(14)12-7-3-1-2-4-8(7)13(15)16/h1-4H,5-6H2,(H2,11,12,14). The van der Waals surface area contributed by atoms with E-state index in [-0.39, 0.29) is 17.3 Å². The fourth-order valence-electron chi connectivity index (χ4n) is 1.07. The third-order valence-corrected chi connectivity index (χ3v) is 1.92. The predicted molar refractivity (Wildman–Crippen MR) is 60.8 cm³/mol. The van der Waals surface area contributed by atoms with Gasteiger partial charge in [0.15, 0.2) is 0 Å². The molecule has 0 spiro atoms. The Bertz CT molecular complexity index is 397. The number of nitro benzene ring substituents is 1. The van der Waals surface area contributed by atoms with Gasteiger partial charge in [-0.15, -0.1) is 11.6 Å². The highest BCUT2D eigenvalue weighted by atomic mass is 35.5. The van der Waals surface area contributed by atoms with Gasteiger partial charge in [0, 0.05) is 18.5 Å². The van der Waals surface area contributed by atoms with Crippen LogP contribution in [0.5, 0.6) is 0 Å². The van der Waals surface area contributed by atoms with Crippen LogP contribution >= 0.6 is 11.6 Å². The molecule has 0 aliphatic heterocycles. The average molecular weight is 244 g/mol. The summed E-state index contributed by atoms with van der Waals surface area (Å²) in [6, 6.07) is 5.38. The number of rotatable bonds is 4. The van der Waals surface area contributed by atoms with Crippen molar-refractivity contribution in [1.29, 1.82) is 0 Å². The first-order valence-electron chi connectivity index (χ1n) is 4.49. The van der Waals surface area contributed by atoms with Gasteiger partial charge in [-0.2, -0.15) is 0 Å². The van der Waals surface area contributed by atoms with E-state index >= 15 is 0 Å². The first-order chi connectivity index (χ1) is 7.65. The van der Waals surface area contributed by atoms with Gasteiger partial charge in [-0.25, -0.2) is 4.79 Å². The minimum absolute atomic E-state index is 0.150. The van der Waals surface area contributed by atoms with Crippen LogP contribution in [0.25, 0.3) is 0 Å². The maximum Gasteiger partial charge on any atom is 0.319 e. The van der Waals surface area contributed by atoms with Crippen LogP contribution in [0.4, 0.5) is 16.2 Å². The molecule has 1 rings (SSSR count). The van der Waals surface area contributed by atoms with Crippen molar-refractivity contribution in [2.24, 2.45) is 0 Å². The molecule has 86 valence electrons. The second-order valence-corrected chi connectivity index (χ2v) is 3.22. The number of urea groups is 1. The van der Waals surface area contributed by atoms with Crippen LogP contribution in [0.3, 0.4) is 0 Å². The molecule has 1 aromatic carbocycles. The zero-order valence-corrected chi connectivity index (χ0v) is 9.03. The van der Waals surface area contributed by atoms with Crippen LogP contribution in [-0.4, -0.2) is 23.4 Å². The SMILES string of the molecule is O=C(NCCCl)Nc1ccccc1[N+](=O)[O-]. The van der Waals surface area contributed by atoms with Gasteiger partial charge in [0.25, 0.3) is 5.69 Å². The molecule has 2 amide bonds. The molecular formula is C9H10ClN3O3. The zero-order chi connectivity index (χ0) is 12.0. The van der Waals surface area contributed by atoms with E-state index in [4.69, 9.17) is 11.6 Å². The molecule has 0 saturated carbocycles. The van der Waals surface area contributed by atoms with E-state index in [1.165, 1.54) is 18.2 Å². The first kappa shape index (κ1) is 12.3. The maximum atomic E-state index is 11.2. The summed E-state index contributed by atoms with van der Waals surface area (Å²) in [6.45, 7) is 0.300. The quantitative estimate of drug-likeness (QED) is 0.482. The average Bonchev–Trinajstić information content (AvgIpc) is 2.27. The molecule has 0 heterocycles. The van der Waals surface area contributed by atoms with Crippen molar-refractivity contribution >= 4 is 29.0 Å². The summed E-state index contributed by atoms with van der Waals surface area (Å²) < 4.78 is 0. The van der Waals surface area contributed by atoms with Gasteiger partial charge in [-0.3, -0.25) is 10.1 Å². The highest BCUT2D eigenvalue weighted by Crippen LogP contribution is 2.22. The van der Waals surface area contributed by atoms with Gasteiger partial charge in [-0.1, -0.05) is 12.1 Å². The second-order valence-electron chi connectivity index (χ2n) is 2.84. The summed E-state index contributed by atoms with van der Waals surface area (Å²) in [5.41, 5.74) is 0.00287. The van der Waals surface area contributed by atoms with Crippen LogP contribution in [0.2, 0.25) is 0 Å². The number of hydrogen-bond donors (Lipinski definition) is 2. The van der Waals surface area contributed by atoms with E-state index in [0.29, 0.717) is 6.54 Å². The highest BCUT2D eigenvalue weighted by molar-refractivity contribution is 6.18. The van der Waals surface area contributed by atoms with Crippen molar-refractivity contribution in [3.63, 3.8) is 0 Å². The van der Waals surface area contributed by atoms with Gasteiger partial charge < -0.3 is 10.6 Å². The predicted octanol–water partition coefficient (Wildman–Crippen LogP) is 1.96. The van der Waals surface area contributed by atoms with E-state index in [1.807, 2.05) is 0 Å². The number of carbonyl (C=O) groups is 1. The van der Waals surface area contributed by atoms with Crippen LogP contribution in [0, 0.1) is 10.1 Å². The van der Waals surface area contributed by atoms with Gasteiger partial charge in [0.1, 0.15) is 5.69 Å². The third-order valence-electron chi connectivity index (χ3n) is 1.73. The van der Waals surface area contributed by atoms with Crippen molar-refractivity contribution < 1.29 is 9.72 Å². The van der Waals surface area contributed by atoms with E-state index in [0.717, 1.165) is 0 Å². The minimum atomic E-state index is -0.558. The van der Waals surface area contributed by atoms with Gasteiger partial charge >= 0.3 is 6.03 Å². The Hall–Kier alpha value is -1.82. The molecule has 0 saturated heterocycles. The normalized spacial score (nSPS) is 9.56. The molecule has 0 bridgehead atoms. The number of nitro groups is 1. The lowest BCUT2D eigenvalue weighted by Gasteiger charge is -2.06. The number of nitrogens with zero attached hydrogens (tertiary/aromatic N) is 1. The topological polar surface area (TPSA) is 84.3 Å². The molecule has 7 heteroatoms. The molecule has 6 nitrogen and oxygen atoms in total. The van der Waals surface area contributed by atoms with Crippen LogP contribution in [0.15, 0.2) is 24.3 Å². The number of benzene rings is 1. The molecule has 0 radical (unpaired) electrons. The highest BCUT2D eigenvalue weighted by Gasteiger charge is 2.13. The number of alkyl halides is 1. The number of nitrogens with one attached hydrogen (secondary N) is 2. The number of halogens is 1. The molecule has 0 atom stereocenters. The molecule has 0 aliphatic carbocycles. The second kappa shape index (κ2) is 5.92. The van der Waals surface area contributed by atoms with Gasteiger partial charge in [0.2, 0.25) is 0 Å². The van der Waals surface area contributed by atoms with Crippen molar-refractivity contribution in [2.75, 3.05) is 17.7 Å². The van der Waals surface area contributed by atoms with Gasteiger partial charge in [-0.05, 0) is 6.07 Å². The molecule has 16 heavy (non-hydrogen) atoms. The monoisotopic (exact) mass is 243 g/mol. The lowest BCUT2D eigenvalue weighted by Crippen LogP contribution is -2.30. The largest absolute Gasteiger partial charge is 0.337 e. The molecule has 0 aliphatic rings.